The summed E-state index contributed by atoms with van der Waals surface area (Å²) in [4.78, 5) is 30.2. The van der Waals surface area contributed by atoms with Gasteiger partial charge in [0.25, 0.3) is 0 Å². The van der Waals surface area contributed by atoms with Crippen LogP contribution in [0.1, 0.15) is 58.8 Å². The first-order valence-electron chi connectivity index (χ1n) is 12.7. The molecule has 4 aliphatic rings. The number of nitrogens with one attached hydrogen (secondary N) is 4. The van der Waals surface area contributed by atoms with E-state index in [0.29, 0.717) is 37.1 Å². The number of rotatable bonds is 6. The van der Waals surface area contributed by atoms with Crippen molar-refractivity contribution in [3.63, 3.8) is 0 Å². The third-order valence-corrected chi connectivity index (χ3v) is 9.48. The van der Waals surface area contributed by atoms with E-state index in [-0.39, 0.29) is 41.4 Å². The number of piperidine rings is 1. The topological polar surface area (TPSA) is 109 Å². The number of aliphatic hydroxyl groups excluding tert-OH is 1. The molecule has 5 unspecified atom stereocenters. The lowest BCUT2D eigenvalue weighted by Gasteiger charge is -2.36. The van der Waals surface area contributed by atoms with Gasteiger partial charge < -0.3 is 20.6 Å². The number of hydrogen-bond donors (Lipinski definition) is 5. The van der Waals surface area contributed by atoms with Crippen molar-refractivity contribution in [2.45, 2.75) is 93.8 Å². The number of hydrogen-bond acceptors (Lipinski definition) is 8. The van der Waals surface area contributed by atoms with Crippen LogP contribution in [0.5, 0.6) is 0 Å². The Morgan fingerprint density at radius 1 is 1.18 bits per heavy atom. The molecule has 1 aliphatic carbocycles. The maximum atomic E-state index is 13.1. The first kappa shape index (κ1) is 25.2. The van der Waals surface area contributed by atoms with Crippen LogP contribution in [0, 0.1) is 11.8 Å². The van der Waals surface area contributed by atoms with E-state index < -0.39 is 6.10 Å². The molecule has 0 aromatic rings. The summed E-state index contributed by atoms with van der Waals surface area (Å²) in [7, 11) is 2.11. The van der Waals surface area contributed by atoms with E-state index in [1.54, 1.807) is 0 Å². The Labute approximate surface area is 202 Å². The zero-order valence-electron chi connectivity index (χ0n) is 20.3. The molecule has 0 aromatic carbocycles. The lowest BCUT2D eigenvalue weighted by Crippen LogP contribution is -2.54. The number of carbonyl (C=O) groups is 2. The third-order valence-electron chi connectivity index (χ3n) is 7.93. The van der Waals surface area contributed by atoms with Crippen molar-refractivity contribution in [2.24, 2.45) is 11.8 Å². The number of amides is 2. The predicted octanol–water partition coefficient (Wildman–Crippen LogP) is 0.414. The van der Waals surface area contributed by atoms with E-state index in [1.165, 1.54) is 6.42 Å². The second-order valence-electron chi connectivity index (χ2n) is 10.5. The zero-order chi connectivity index (χ0) is 23.5. The largest absolute Gasteiger partial charge is 0.391 e. The van der Waals surface area contributed by atoms with Crippen LogP contribution in [0.2, 0.25) is 0 Å². The van der Waals surface area contributed by atoms with Crippen LogP contribution in [-0.2, 0) is 9.59 Å². The average molecular weight is 483 g/mol. The molecule has 5 N–H and O–H groups in total. The summed E-state index contributed by atoms with van der Waals surface area (Å²) >= 11 is 1.95. The highest BCUT2D eigenvalue weighted by atomic mass is 32.2. The second kappa shape index (κ2) is 11.2. The fourth-order valence-electron chi connectivity index (χ4n) is 5.88. The minimum atomic E-state index is -0.425. The van der Waals surface area contributed by atoms with Crippen molar-refractivity contribution in [2.75, 3.05) is 26.8 Å². The third kappa shape index (κ3) is 6.21. The highest BCUT2D eigenvalue weighted by molar-refractivity contribution is 8.00. The Morgan fingerprint density at radius 2 is 2.00 bits per heavy atom. The van der Waals surface area contributed by atoms with E-state index in [4.69, 9.17) is 0 Å². The molecular weight excluding hydrogens is 440 g/mol. The lowest BCUT2D eigenvalue weighted by molar-refractivity contribution is -0.138. The molecule has 0 bridgehead atoms. The van der Waals surface area contributed by atoms with Gasteiger partial charge in [0.2, 0.25) is 11.8 Å². The van der Waals surface area contributed by atoms with Gasteiger partial charge in [-0.1, -0.05) is 13.3 Å². The van der Waals surface area contributed by atoms with Crippen molar-refractivity contribution < 1.29 is 14.7 Å². The summed E-state index contributed by atoms with van der Waals surface area (Å²) < 4.78 is 0. The van der Waals surface area contributed by atoms with Crippen LogP contribution in [0.4, 0.5) is 0 Å². The number of hydrazine groups is 1. The predicted molar refractivity (Wildman–Crippen MR) is 130 cm³/mol. The number of β-amino-alcohol motifs (C(OH)–C–C–N with tert-alkyl or cyclic N) is 1. The molecule has 2 amide bonds. The molecule has 8 atom stereocenters. The van der Waals surface area contributed by atoms with Gasteiger partial charge in [-0.2, -0.15) is 0 Å². The minimum Gasteiger partial charge on any atom is -0.391 e. The highest BCUT2D eigenvalue weighted by Crippen LogP contribution is 2.35. The van der Waals surface area contributed by atoms with Gasteiger partial charge in [0.1, 0.15) is 5.50 Å². The summed E-state index contributed by atoms with van der Waals surface area (Å²) in [6.07, 6.45) is 5.90. The SMILES string of the molecule is C[C@H](SC1NNCN1C)C1CCCC(NC(=O)C2CC(C(=O)N3C[C@@H](O)C[C@@H]3C)CCN2)C1. The average Bonchev–Trinajstić information content (AvgIpc) is 3.37. The van der Waals surface area contributed by atoms with E-state index in [1.807, 2.05) is 23.6 Å². The van der Waals surface area contributed by atoms with Gasteiger partial charge in [-0.05, 0) is 65.0 Å². The van der Waals surface area contributed by atoms with E-state index >= 15 is 0 Å². The quantitative estimate of drug-likeness (QED) is 0.371. The highest BCUT2D eigenvalue weighted by Gasteiger charge is 2.39. The molecular formula is C23H42N6O3S. The summed E-state index contributed by atoms with van der Waals surface area (Å²) in [5.41, 5.74) is 6.79. The monoisotopic (exact) mass is 482 g/mol. The van der Waals surface area contributed by atoms with Gasteiger partial charge in [0, 0.05) is 29.8 Å². The van der Waals surface area contributed by atoms with Crippen molar-refractivity contribution in [1.29, 1.82) is 0 Å². The van der Waals surface area contributed by atoms with Crippen molar-refractivity contribution in [3.8, 4) is 0 Å². The summed E-state index contributed by atoms with van der Waals surface area (Å²) in [5.74, 6) is 0.577. The fourth-order valence-corrected chi connectivity index (χ4v) is 7.19. The van der Waals surface area contributed by atoms with E-state index in [2.05, 4.69) is 40.4 Å². The van der Waals surface area contributed by atoms with Gasteiger partial charge in [0.15, 0.2) is 0 Å². The van der Waals surface area contributed by atoms with Crippen LogP contribution in [0.15, 0.2) is 0 Å². The zero-order valence-corrected chi connectivity index (χ0v) is 21.1. The van der Waals surface area contributed by atoms with E-state index in [0.717, 1.165) is 32.4 Å². The summed E-state index contributed by atoms with van der Waals surface area (Å²) in [5, 5.41) is 17.1. The van der Waals surface area contributed by atoms with Gasteiger partial charge in [0.05, 0.1) is 18.8 Å². The van der Waals surface area contributed by atoms with Crippen LogP contribution in [0.3, 0.4) is 0 Å². The number of likely N-dealkylation sites (tertiary alicyclic amines) is 1. The minimum absolute atomic E-state index is 0.0364. The van der Waals surface area contributed by atoms with Gasteiger partial charge in [-0.3, -0.25) is 14.5 Å². The van der Waals surface area contributed by atoms with Gasteiger partial charge in [-0.25, -0.2) is 10.9 Å². The fraction of sp³-hybridized carbons (Fsp3) is 0.913. The Kier molecular flexibility index (Phi) is 8.56. The number of aliphatic hydroxyl groups is 1. The Morgan fingerprint density at radius 3 is 2.70 bits per heavy atom. The van der Waals surface area contributed by atoms with Crippen LogP contribution >= 0.6 is 11.8 Å². The maximum Gasteiger partial charge on any atom is 0.237 e. The Balaban J connectivity index is 1.26. The van der Waals surface area contributed by atoms with E-state index in [9.17, 15) is 14.7 Å². The number of nitrogens with zero attached hydrogens (tertiary/aromatic N) is 2. The molecule has 10 heteroatoms. The number of thioether (sulfide) groups is 1. The Hall–Kier alpha value is -0.910. The van der Waals surface area contributed by atoms with Crippen molar-refractivity contribution in [3.05, 3.63) is 0 Å². The van der Waals surface area contributed by atoms with Gasteiger partial charge in [-0.15, -0.1) is 11.8 Å². The smallest absolute Gasteiger partial charge is 0.237 e. The standard InChI is InChI=1S/C23H42N6O3S/c1-14-9-19(30)12-29(14)22(32)17-7-8-24-20(11-17)21(31)26-18-6-4-5-16(10-18)15(2)33-23-27-25-13-28(23)3/h14-20,23-25,27,30H,4-13H2,1-3H3,(H,26,31)/t14-,15-,16?,17?,18?,19-,20?,23?/m0/s1. The summed E-state index contributed by atoms with van der Waals surface area (Å²) in [6, 6.07) is -0.0351. The van der Waals surface area contributed by atoms with Crippen LogP contribution < -0.4 is 21.5 Å². The normalized spacial score (nSPS) is 38.9. The molecule has 1 saturated carbocycles. The molecule has 3 aliphatic heterocycles. The van der Waals surface area contributed by atoms with Crippen molar-refractivity contribution >= 4 is 23.6 Å². The first-order chi connectivity index (χ1) is 15.8. The molecule has 3 heterocycles. The molecule has 188 valence electrons. The maximum absolute atomic E-state index is 13.1. The molecule has 9 nitrogen and oxygen atoms in total. The molecule has 3 saturated heterocycles. The van der Waals surface area contributed by atoms with Crippen LogP contribution in [0.25, 0.3) is 0 Å². The molecule has 4 fully saturated rings. The van der Waals surface area contributed by atoms with Crippen molar-refractivity contribution in [1.82, 2.24) is 31.3 Å². The first-order valence-corrected chi connectivity index (χ1v) is 13.6. The second-order valence-corrected chi connectivity index (χ2v) is 12.0. The molecule has 0 aromatic heterocycles. The molecule has 33 heavy (non-hydrogen) atoms. The lowest BCUT2D eigenvalue weighted by atomic mass is 9.83. The molecule has 0 spiro atoms. The Bertz CT molecular complexity index is 699. The van der Waals surface area contributed by atoms with Gasteiger partial charge >= 0.3 is 0 Å². The molecule has 0 radical (unpaired) electrons. The summed E-state index contributed by atoms with van der Waals surface area (Å²) in [6.45, 7) is 6.25. The van der Waals surface area contributed by atoms with Crippen LogP contribution in [-0.4, -0.2) is 88.5 Å². The molecule has 4 rings (SSSR count). The number of carbonyl (C=O) groups excluding carboxylic acids is 2.